The molecule has 16 heavy (non-hydrogen) atoms. The first kappa shape index (κ1) is 11.0. The quantitative estimate of drug-likeness (QED) is 0.746. The predicted molar refractivity (Wildman–Crippen MR) is 62.2 cm³/mol. The molecular weight excluding hydrogens is 225 g/mol. The van der Waals surface area contributed by atoms with Gasteiger partial charge in [0.25, 0.3) is 0 Å². The van der Waals surface area contributed by atoms with Crippen molar-refractivity contribution in [2.24, 2.45) is 0 Å². The Morgan fingerprint density at radius 1 is 1.44 bits per heavy atom. The van der Waals surface area contributed by atoms with Gasteiger partial charge in [-0.05, 0) is 19.1 Å². The Morgan fingerprint density at radius 2 is 2.19 bits per heavy atom. The topological polar surface area (TPSA) is 30.0 Å². The molecule has 0 fully saturated rings. The molecule has 1 heterocycles. The fourth-order valence-electron chi connectivity index (χ4n) is 1.45. The Bertz CT molecular complexity index is 548. The Morgan fingerprint density at radius 3 is 2.75 bits per heavy atom. The molecule has 0 radical (unpaired) electrons. The lowest BCUT2D eigenvalue weighted by atomic mass is 10.1. The van der Waals surface area contributed by atoms with Gasteiger partial charge in [0.1, 0.15) is 5.82 Å². The third kappa shape index (κ3) is 2.02. The number of thiazole rings is 1. The molecule has 0 saturated carbocycles. The van der Waals surface area contributed by atoms with Crippen LogP contribution < -0.4 is 0 Å². The molecule has 0 bridgehead atoms. The van der Waals surface area contributed by atoms with Crippen LogP contribution in [0.25, 0.3) is 11.3 Å². The van der Waals surface area contributed by atoms with Crippen LogP contribution in [0.2, 0.25) is 0 Å². The zero-order valence-electron chi connectivity index (χ0n) is 8.95. The molecule has 0 aliphatic heterocycles. The number of rotatable bonds is 2. The second kappa shape index (κ2) is 4.14. The first-order valence-corrected chi connectivity index (χ1v) is 5.64. The van der Waals surface area contributed by atoms with Crippen LogP contribution in [0.4, 0.5) is 4.39 Å². The molecule has 0 aliphatic carbocycles. The van der Waals surface area contributed by atoms with Crippen LogP contribution in [0.15, 0.2) is 24.3 Å². The van der Waals surface area contributed by atoms with E-state index in [0.29, 0.717) is 16.3 Å². The van der Waals surface area contributed by atoms with Gasteiger partial charge < -0.3 is 0 Å². The molecule has 0 N–H and O–H groups in total. The van der Waals surface area contributed by atoms with Crippen LogP contribution in [0, 0.1) is 12.7 Å². The summed E-state index contributed by atoms with van der Waals surface area (Å²) in [4.78, 5) is 16.3. The lowest BCUT2D eigenvalue weighted by Crippen LogP contribution is -1.90. The molecule has 0 aliphatic rings. The maximum Gasteiger partial charge on any atom is 0.188 e. The molecule has 2 nitrogen and oxygen atoms in total. The minimum absolute atomic E-state index is 0.0595. The third-order valence-corrected chi connectivity index (χ3v) is 3.27. The lowest BCUT2D eigenvalue weighted by Gasteiger charge is -1.97. The van der Waals surface area contributed by atoms with E-state index in [-0.39, 0.29) is 11.6 Å². The minimum Gasteiger partial charge on any atom is -0.292 e. The molecule has 0 atom stereocenters. The average Bonchev–Trinajstić information content (AvgIpc) is 2.60. The smallest absolute Gasteiger partial charge is 0.188 e. The number of Topliss-reactive ketones (excluding diaryl/α,β-unsaturated/α-hetero) is 1. The molecular formula is C12H10FNOS. The van der Waals surface area contributed by atoms with Gasteiger partial charge in [-0.3, -0.25) is 4.79 Å². The molecule has 0 amide bonds. The Labute approximate surface area is 96.8 Å². The standard InChI is InChI=1S/C12H10FNOS/c1-7(15)12-14-11(8(2)16-12)9-4-3-5-10(13)6-9/h3-6H,1-2H3. The van der Waals surface area contributed by atoms with Crippen molar-refractivity contribution in [1.82, 2.24) is 4.98 Å². The largest absolute Gasteiger partial charge is 0.292 e. The van der Waals surface area contributed by atoms with Crippen molar-refractivity contribution < 1.29 is 9.18 Å². The monoisotopic (exact) mass is 235 g/mol. The Hall–Kier alpha value is -1.55. The van der Waals surface area contributed by atoms with Crippen molar-refractivity contribution in [3.8, 4) is 11.3 Å². The molecule has 2 rings (SSSR count). The molecule has 1 aromatic heterocycles. The number of ketones is 1. The van der Waals surface area contributed by atoms with E-state index in [9.17, 15) is 9.18 Å². The zero-order chi connectivity index (χ0) is 11.7. The molecule has 82 valence electrons. The summed E-state index contributed by atoms with van der Waals surface area (Å²) in [6.45, 7) is 3.36. The highest BCUT2D eigenvalue weighted by Crippen LogP contribution is 2.27. The number of nitrogens with zero attached hydrogens (tertiary/aromatic N) is 1. The van der Waals surface area contributed by atoms with Crippen molar-refractivity contribution in [2.45, 2.75) is 13.8 Å². The van der Waals surface area contributed by atoms with Gasteiger partial charge in [-0.25, -0.2) is 9.37 Å². The highest BCUT2D eigenvalue weighted by Gasteiger charge is 2.12. The van der Waals surface area contributed by atoms with Crippen LogP contribution in [-0.2, 0) is 0 Å². The summed E-state index contributed by atoms with van der Waals surface area (Å²) >= 11 is 1.34. The average molecular weight is 235 g/mol. The van der Waals surface area contributed by atoms with Gasteiger partial charge in [0, 0.05) is 17.4 Å². The van der Waals surface area contributed by atoms with Gasteiger partial charge in [-0.15, -0.1) is 11.3 Å². The maximum atomic E-state index is 13.1. The van der Waals surface area contributed by atoms with Crippen molar-refractivity contribution in [3.05, 3.63) is 40.0 Å². The number of carbonyl (C=O) groups excluding carboxylic acids is 1. The first-order valence-electron chi connectivity index (χ1n) is 4.82. The number of hydrogen-bond donors (Lipinski definition) is 0. The SMILES string of the molecule is CC(=O)c1nc(-c2cccc(F)c2)c(C)s1. The second-order valence-corrected chi connectivity index (χ2v) is 4.69. The number of hydrogen-bond acceptors (Lipinski definition) is 3. The highest BCUT2D eigenvalue weighted by molar-refractivity contribution is 7.14. The van der Waals surface area contributed by atoms with E-state index < -0.39 is 0 Å². The lowest BCUT2D eigenvalue weighted by molar-refractivity contribution is 0.101. The number of halogens is 1. The van der Waals surface area contributed by atoms with Gasteiger partial charge in [0.2, 0.25) is 0 Å². The predicted octanol–water partition coefficient (Wildman–Crippen LogP) is 3.46. The second-order valence-electron chi connectivity index (χ2n) is 3.49. The Kier molecular flexibility index (Phi) is 2.83. The number of carbonyl (C=O) groups is 1. The van der Waals surface area contributed by atoms with E-state index in [1.54, 1.807) is 12.1 Å². The van der Waals surface area contributed by atoms with Gasteiger partial charge in [0.05, 0.1) is 5.69 Å². The van der Waals surface area contributed by atoms with E-state index in [4.69, 9.17) is 0 Å². The normalized spacial score (nSPS) is 10.4. The summed E-state index contributed by atoms with van der Waals surface area (Å²) in [6, 6.07) is 6.23. The van der Waals surface area contributed by atoms with Gasteiger partial charge in [-0.1, -0.05) is 12.1 Å². The van der Waals surface area contributed by atoms with E-state index in [1.807, 2.05) is 6.92 Å². The fraction of sp³-hybridized carbons (Fsp3) is 0.167. The molecule has 4 heteroatoms. The van der Waals surface area contributed by atoms with Crippen molar-refractivity contribution in [2.75, 3.05) is 0 Å². The molecule has 0 spiro atoms. The highest BCUT2D eigenvalue weighted by atomic mass is 32.1. The van der Waals surface area contributed by atoms with E-state index >= 15 is 0 Å². The summed E-state index contributed by atoms with van der Waals surface area (Å²) in [7, 11) is 0. The van der Waals surface area contributed by atoms with Crippen LogP contribution in [0.3, 0.4) is 0 Å². The minimum atomic E-state index is -0.297. The van der Waals surface area contributed by atoms with E-state index in [1.165, 1.54) is 30.4 Å². The fourth-order valence-corrected chi connectivity index (χ4v) is 2.28. The summed E-state index contributed by atoms with van der Waals surface area (Å²) in [6.07, 6.45) is 0. The third-order valence-electron chi connectivity index (χ3n) is 2.20. The first-order chi connectivity index (χ1) is 7.58. The van der Waals surface area contributed by atoms with Crippen molar-refractivity contribution >= 4 is 17.1 Å². The maximum absolute atomic E-state index is 13.1. The molecule has 0 saturated heterocycles. The number of aromatic nitrogens is 1. The van der Waals surface area contributed by atoms with E-state index in [2.05, 4.69) is 4.98 Å². The number of benzene rings is 1. The van der Waals surface area contributed by atoms with Gasteiger partial charge >= 0.3 is 0 Å². The van der Waals surface area contributed by atoms with Crippen molar-refractivity contribution in [1.29, 1.82) is 0 Å². The van der Waals surface area contributed by atoms with Crippen LogP contribution in [0.5, 0.6) is 0 Å². The molecule has 0 unspecified atom stereocenters. The molecule has 2 aromatic rings. The summed E-state index contributed by atoms with van der Waals surface area (Å²) < 4.78 is 13.1. The Balaban J connectivity index is 2.52. The van der Waals surface area contributed by atoms with Gasteiger partial charge in [0.15, 0.2) is 10.8 Å². The summed E-state index contributed by atoms with van der Waals surface area (Å²) in [5.74, 6) is -0.356. The van der Waals surface area contributed by atoms with Crippen LogP contribution in [-0.4, -0.2) is 10.8 Å². The zero-order valence-corrected chi connectivity index (χ0v) is 9.77. The van der Waals surface area contributed by atoms with Gasteiger partial charge in [-0.2, -0.15) is 0 Å². The van der Waals surface area contributed by atoms with Crippen LogP contribution >= 0.6 is 11.3 Å². The van der Waals surface area contributed by atoms with Crippen molar-refractivity contribution in [3.63, 3.8) is 0 Å². The summed E-state index contributed by atoms with van der Waals surface area (Å²) in [5.41, 5.74) is 1.40. The van der Waals surface area contributed by atoms with Crippen LogP contribution in [0.1, 0.15) is 21.6 Å². The van der Waals surface area contributed by atoms with E-state index in [0.717, 1.165) is 4.88 Å². The summed E-state index contributed by atoms with van der Waals surface area (Å²) in [5, 5.41) is 0.469. The molecule has 1 aromatic carbocycles. The number of aryl methyl sites for hydroxylation is 1.